The smallest absolute Gasteiger partial charge is 0.0897 e. The molecule has 3 nitrogen and oxygen atoms in total. The molecule has 1 saturated heterocycles. The topological polar surface area (TPSA) is 44.3 Å². The standard InChI is InChI=1S/C17H26N2O/c1-13-2-4-14(5-3-13)17(20)9-6-15(7-10-17)19-16-8-11-18-12-16/h2-5,15-16,18-20H,6-12H2,1H3/t15?,16-,17?/m0/s1. The first-order valence-electron chi connectivity index (χ1n) is 7.92. The molecule has 0 bridgehead atoms. The third-order valence-electron chi connectivity index (χ3n) is 4.93. The highest BCUT2D eigenvalue weighted by molar-refractivity contribution is 5.27. The molecule has 1 aliphatic carbocycles. The fourth-order valence-corrected chi connectivity index (χ4v) is 3.54. The zero-order valence-corrected chi connectivity index (χ0v) is 12.4. The molecule has 2 fully saturated rings. The summed E-state index contributed by atoms with van der Waals surface area (Å²) in [7, 11) is 0. The van der Waals surface area contributed by atoms with Gasteiger partial charge in [0.2, 0.25) is 0 Å². The van der Waals surface area contributed by atoms with Crippen LogP contribution in [0.2, 0.25) is 0 Å². The quantitative estimate of drug-likeness (QED) is 0.791. The summed E-state index contributed by atoms with van der Waals surface area (Å²) in [6.45, 7) is 4.32. The van der Waals surface area contributed by atoms with Crippen LogP contribution in [-0.2, 0) is 5.60 Å². The molecule has 1 aliphatic heterocycles. The van der Waals surface area contributed by atoms with E-state index in [9.17, 15) is 5.11 Å². The van der Waals surface area contributed by atoms with Crippen LogP contribution in [-0.4, -0.2) is 30.3 Å². The van der Waals surface area contributed by atoms with Gasteiger partial charge in [-0.25, -0.2) is 0 Å². The molecule has 1 aromatic rings. The number of aliphatic hydroxyl groups is 1. The van der Waals surface area contributed by atoms with E-state index in [1.165, 1.54) is 12.0 Å². The Morgan fingerprint density at radius 1 is 1.10 bits per heavy atom. The van der Waals surface area contributed by atoms with Gasteiger partial charge in [-0.1, -0.05) is 29.8 Å². The van der Waals surface area contributed by atoms with Crippen molar-refractivity contribution < 1.29 is 5.11 Å². The van der Waals surface area contributed by atoms with Gasteiger partial charge in [0, 0.05) is 18.6 Å². The molecule has 3 heteroatoms. The Bertz CT molecular complexity index is 429. The van der Waals surface area contributed by atoms with Crippen LogP contribution < -0.4 is 10.6 Å². The predicted molar refractivity (Wildman–Crippen MR) is 81.7 cm³/mol. The van der Waals surface area contributed by atoms with Crippen LogP contribution >= 0.6 is 0 Å². The van der Waals surface area contributed by atoms with Gasteiger partial charge in [0.05, 0.1) is 5.60 Å². The van der Waals surface area contributed by atoms with Crippen molar-refractivity contribution in [1.29, 1.82) is 0 Å². The van der Waals surface area contributed by atoms with Crippen LogP contribution in [0.1, 0.15) is 43.2 Å². The Hall–Kier alpha value is -0.900. The highest BCUT2D eigenvalue weighted by Crippen LogP contribution is 2.37. The Morgan fingerprint density at radius 3 is 2.40 bits per heavy atom. The second-order valence-electron chi connectivity index (χ2n) is 6.53. The third-order valence-corrected chi connectivity index (χ3v) is 4.93. The first-order valence-corrected chi connectivity index (χ1v) is 7.92. The van der Waals surface area contributed by atoms with E-state index in [4.69, 9.17) is 0 Å². The average Bonchev–Trinajstić information content (AvgIpc) is 2.95. The normalized spacial score (nSPS) is 34.3. The lowest BCUT2D eigenvalue weighted by atomic mass is 9.77. The van der Waals surface area contributed by atoms with Crippen molar-refractivity contribution in [3.63, 3.8) is 0 Å². The number of aryl methyl sites for hydroxylation is 1. The molecule has 1 atom stereocenters. The predicted octanol–water partition coefficient (Wildman–Crippen LogP) is 2.08. The van der Waals surface area contributed by atoms with Gasteiger partial charge in [0.25, 0.3) is 0 Å². The number of rotatable bonds is 3. The summed E-state index contributed by atoms with van der Waals surface area (Å²) in [5.41, 5.74) is 1.73. The van der Waals surface area contributed by atoms with E-state index in [-0.39, 0.29) is 0 Å². The van der Waals surface area contributed by atoms with Crippen molar-refractivity contribution in [2.75, 3.05) is 13.1 Å². The van der Waals surface area contributed by atoms with Crippen molar-refractivity contribution in [2.45, 2.75) is 56.7 Å². The third kappa shape index (κ3) is 3.05. The van der Waals surface area contributed by atoms with Gasteiger partial charge in [0.1, 0.15) is 0 Å². The van der Waals surface area contributed by atoms with Crippen molar-refractivity contribution >= 4 is 0 Å². The minimum atomic E-state index is -0.611. The monoisotopic (exact) mass is 274 g/mol. The Morgan fingerprint density at radius 2 is 1.80 bits per heavy atom. The molecule has 3 N–H and O–H groups in total. The van der Waals surface area contributed by atoms with Gasteiger partial charge in [-0.3, -0.25) is 0 Å². The summed E-state index contributed by atoms with van der Waals surface area (Å²) in [5, 5.41) is 18.0. The molecule has 3 rings (SSSR count). The van der Waals surface area contributed by atoms with Crippen molar-refractivity contribution in [1.82, 2.24) is 10.6 Å². The molecule has 1 heterocycles. The number of nitrogens with one attached hydrogen (secondary N) is 2. The van der Waals surface area contributed by atoms with Crippen LogP contribution in [0.4, 0.5) is 0 Å². The Balaban J connectivity index is 1.57. The van der Waals surface area contributed by atoms with Gasteiger partial charge in [0.15, 0.2) is 0 Å². The molecule has 20 heavy (non-hydrogen) atoms. The molecular weight excluding hydrogens is 248 g/mol. The molecule has 0 amide bonds. The maximum Gasteiger partial charge on any atom is 0.0897 e. The lowest BCUT2D eigenvalue weighted by Gasteiger charge is -2.37. The van der Waals surface area contributed by atoms with Crippen LogP contribution in [0.3, 0.4) is 0 Å². The van der Waals surface area contributed by atoms with Crippen LogP contribution in [0.5, 0.6) is 0 Å². The fraction of sp³-hybridized carbons (Fsp3) is 0.647. The molecule has 0 aromatic heterocycles. The minimum Gasteiger partial charge on any atom is -0.385 e. The summed E-state index contributed by atoms with van der Waals surface area (Å²) >= 11 is 0. The first kappa shape index (κ1) is 14.1. The molecule has 0 unspecified atom stereocenters. The Kier molecular flexibility index (Phi) is 4.11. The number of benzene rings is 1. The second-order valence-corrected chi connectivity index (χ2v) is 6.53. The highest BCUT2D eigenvalue weighted by Gasteiger charge is 2.35. The van der Waals surface area contributed by atoms with E-state index in [1.54, 1.807) is 0 Å². The lowest BCUT2D eigenvalue weighted by Crippen LogP contribution is -2.44. The second kappa shape index (κ2) is 5.84. The minimum absolute atomic E-state index is 0.575. The van der Waals surface area contributed by atoms with Crippen molar-refractivity contribution in [3.05, 3.63) is 35.4 Å². The van der Waals surface area contributed by atoms with Crippen LogP contribution in [0, 0.1) is 6.92 Å². The molecule has 1 aromatic carbocycles. The number of hydrogen-bond acceptors (Lipinski definition) is 3. The zero-order chi connectivity index (χ0) is 14.0. The highest BCUT2D eigenvalue weighted by atomic mass is 16.3. The van der Waals surface area contributed by atoms with E-state index in [2.05, 4.69) is 41.8 Å². The average molecular weight is 274 g/mol. The largest absolute Gasteiger partial charge is 0.385 e. The van der Waals surface area contributed by atoms with Crippen molar-refractivity contribution in [2.24, 2.45) is 0 Å². The maximum absolute atomic E-state index is 10.9. The summed E-state index contributed by atoms with van der Waals surface area (Å²) in [6.07, 6.45) is 5.11. The SMILES string of the molecule is Cc1ccc(C2(O)CCC(N[C@H]3CCNC3)CC2)cc1. The lowest BCUT2D eigenvalue weighted by molar-refractivity contribution is -0.00918. The molecular formula is C17H26N2O. The van der Waals surface area contributed by atoms with Crippen LogP contribution in [0.25, 0.3) is 0 Å². The zero-order valence-electron chi connectivity index (χ0n) is 12.4. The molecule has 0 spiro atoms. The van der Waals surface area contributed by atoms with Gasteiger partial charge >= 0.3 is 0 Å². The number of hydrogen-bond donors (Lipinski definition) is 3. The maximum atomic E-state index is 10.9. The molecule has 110 valence electrons. The fourth-order valence-electron chi connectivity index (χ4n) is 3.54. The molecule has 0 radical (unpaired) electrons. The molecule has 2 aliphatic rings. The van der Waals surface area contributed by atoms with E-state index >= 15 is 0 Å². The summed E-state index contributed by atoms with van der Waals surface area (Å²) < 4.78 is 0. The van der Waals surface area contributed by atoms with Gasteiger partial charge < -0.3 is 15.7 Å². The van der Waals surface area contributed by atoms with E-state index in [0.717, 1.165) is 44.3 Å². The molecule has 1 saturated carbocycles. The van der Waals surface area contributed by atoms with Gasteiger partial charge in [-0.15, -0.1) is 0 Å². The van der Waals surface area contributed by atoms with Crippen molar-refractivity contribution in [3.8, 4) is 0 Å². The van der Waals surface area contributed by atoms with Crippen LogP contribution in [0.15, 0.2) is 24.3 Å². The van der Waals surface area contributed by atoms with E-state index in [1.807, 2.05) is 0 Å². The van der Waals surface area contributed by atoms with Gasteiger partial charge in [-0.2, -0.15) is 0 Å². The van der Waals surface area contributed by atoms with Gasteiger partial charge in [-0.05, 0) is 51.1 Å². The summed E-state index contributed by atoms with van der Waals surface area (Å²) in [6, 6.07) is 9.58. The first-order chi connectivity index (χ1) is 9.66. The summed E-state index contributed by atoms with van der Waals surface area (Å²) in [4.78, 5) is 0. The Labute approximate surface area is 121 Å². The summed E-state index contributed by atoms with van der Waals surface area (Å²) in [5.74, 6) is 0. The van der Waals surface area contributed by atoms with E-state index < -0.39 is 5.60 Å². The van der Waals surface area contributed by atoms with E-state index in [0.29, 0.717) is 12.1 Å².